The average Bonchev–Trinajstić information content (AvgIpc) is 3.21. The summed E-state index contributed by atoms with van der Waals surface area (Å²) in [5.41, 5.74) is 2.30. The zero-order valence-corrected chi connectivity index (χ0v) is 15.4. The Labute approximate surface area is 159 Å². The number of aromatic nitrogens is 4. The Hall–Kier alpha value is -2.38. The van der Waals surface area contributed by atoms with E-state index < -0.39 is 0 Å². The molecule has 6 nitrogen and oxygen atoms in total. The molecule has 0 saturated heterocycles. The van der Waals surface area contributed by atoms with Crippen molar-refractivity contribution in [3.8, 4) is 11.3 Å². The van der Waals surface area contributed by atoms with Crippen LogP contribution in [0.15, 0.2) is 30.3 Å². The van der Waals surface area contributed by atoms with Crippen molar-refractivity contribution in [2.24, 2.45) is 0 Å². The number of rotatable bonds is 6. The number of halogens is 3. The van der Waals surface area contributed by atoms with Crippen molar-refractivity contribution in [1.29, 1.82) is 0 Å². The zero-order chi connectivity index (χ0) is 18.7. The van der Waals surface area contributed by atoms with Gasteiger partial charge in [0, 0.05) is 18.7 Å². The first-order valence-electron chi connectivity index (χ1n) is 7.93. The predicted octanol–water partition coefficient (Wildman–Crippen LogP) is 3.85. The van der Waals surface area contributed by atoms with Crippen molar-refractivity contribution in [2.45, 2.75) is 19.9 Å². The number of hydrogen-bond donors (Lipinski definition) is 2. The SMILES string of the molecule is Cc1nn(CCCNC(=O)c2cc(-c3ccc(F)cc3)n[nH]2)c(Cl)c1Cl. The van der Waals surface area contributed by atoms with Crippen LogP contribution in [0.25, 0.3) is 11.3 Å². The molecule has 0 atom stereocenters. The molecule has 0 aliphatic heterocycles. The molecular weight excluding hydrogens is 380 g/mol. The van der Waals surface area contributed by atoms with Crippen LogP contribution in [-0.4, -0.2) is 32.4 Å². The molecule has 1 aromatic carbocycles. The molecule has 136 valence electrons. The minimum atomic E-state index is -0.323. The van der Waals surface area contributed by atoms with Crippen LogP contribution >= 0.6 is 23.2 Å². The maximum atomic E-state index is 13.0. The number of aromatic amines is 1. The minimum Gasteiger partial charge on any atom is -0.351 e. The van der Waals surface area contributed by atoms with Gasteiger partial charge in [-0.25, -0.2) is 4.39 Å². The molecule has 3 aromatic rings. The summed E-state index contributed by atoms with van der Waals surface area (Å²) in [6.45, 7) is 2.76. The number of carbonyl (C=O) groups excluding carboxylic acids is 1. The molecule has 26 heavy (non-hydrogen) atoms. The second-order valence-electron chi connectivity index (χ2n) is 5.70. The van der Waals surface area contributed by atoms with Gasteiger partial charge in [-0.3, -0.25) is 14.6 Å². The average molecular weight is 396 g/mol. The van der Waals surface area contributed by atoms with E-state index in [1.807, 2.05) is 0 Å². The summed E-state index contributed by atoms with van der Waals surface area (Å²) in [6.07, 6.45) is 0.641. The summed E-state index contributed by atoms with van der Waals surface area (Å²) in [5.74, 6) is -0.595. The first-order valence-corrected chi connectivity index (χ1v) is 8.69. The third-order valence-electron chi connectivity index (χ3n) is 3.79. The van der Waals surface area contributed by atoms with Crippen molar-refractivity contribution < 1.29 is 9.18 Å². The minimum absolute atomic E-state index is 0.272. The lowest BCUT2D eigenvalue weighted by Gasteiger charge is -2.05. The Bertz CT molecular complexity index is 920. The topological polar surface area (TPSA) is 75.6 Å². The van der Waals surface area contributed by atoms with Crippen LogP contribution in [0.4, 0.5) is 4.39 Å². The Morgan fingerprint density at radius 1 is 1.31 bits per heavy atom. The van der Waals surface area contributed by atoms with Crippen molar-refractivity contribution in [3.05, 3.63) is 57.7 Å². The highest BCUT2D eigenvalue weighted by atomic mass is 35.5. The van der Waals surface area contributed by atoms with E-state index in [0.717, 1.165) is 5.56 Å². The van der Waals surface area contributed by atoms with E-state index in [1.54, 1.807) is 29.8 Å². The van der Waals surface area contributed by atoms with Crippen LogP contribution in [0.3, 0.4) is 0 Å². The van der Waals surface area contributed by atoms with Gasteiger partial charge in [0.05, 0.1) is 11.4 Å². The van der Waals surface area contributed by atoms with Crippen LogP contribution in [0.1, 0.15) is 22.6 Å². The quantitative estimate of drug-likeness (QED) is 0.622. The van der Waals surface area contributed by atoms with Crippen molar-refractivity contribution in [2.75, 3.05) is 6.54 Å². The standard InChI is InChI=1S/C17H16Cl2FN5O/c1-10-15(18)16(19)25(24-10)8-2-7-21-17(26)14-9-13(22-23-14)11-3-5-12(20)6-4-11/h3-6,9H,2,7-8H2,1H3,(H,21,26)(H,22,23). The van der Waals surface area contributed by atoms with E-state index in [-0.39, 0.29) is 11.7 Å². The first-order chi connectivity index (χ1) is 12.5. The lowest BCUT2D eigenvalue weighted by atomic mass is 10.1. The van der Waals surface area contributed by atoms with Crippen molar-refractivity contribution in [3.63, 3.8) is 0 Å². The normalized spacial score (nSPS) is 10.9. The molecule has 9 heteroatoms. The smallest absolute Gasteiger partial charge is 0.269 e. The summed E-state index contributed by atoms with van der Waals surface area (Å²) in [5, 5.41) is 14.6. The predicted molar refractivity (Wildman–Crippen MR) is 97.9 cm³/mol. The molecular formula is C17H16Cl2FN5O. The van der Waals surface area contributed by atoms with E-state index in [2.05, 4.69) is 20.6 Å². The van der Waals surface area contributed by atoms with Gasteiger partial charge >= 0.3 is 0 Å². The monoisotopic (exact) mass is 395 g/mol. The zero-order valence-electron chi connectivity index (χ0n) is 13.9. The van der Waals surface area contributed by atoms with E-state index >= 15 is 0 Å². The van der Waals surface area contributed by atoms with E-state index in [4.69, 9.17) is 23.2 Å². The Kier molecular flexibility index (Phi) is 5.58. The molecule has 0 aliphatic rings. The molecule has 0 fully saturated rings. The molecule has 0 aliphatic carbocycles. The van der Waals surface area contributed by atoms with Gasteiger partial charge < -0.3 is 5.32 Å². The fraction of sp³-hybridized carbons (Fsp3) is 0.235. The molecule has 0 unspecified atom stereocenters. The molecule has 0 spiro atoms. The van der Waals surface area contributed by atoms with Gasteiger partial charge in [-0.15, -0.1) is 0 Å². The molecule has 0 bridgehead atoms. The van der Waals surface area contributed by atoms with E-state index in [1.165, 1.54) is 12.1 Å². The van der Waals surface area contributed by atoms with Gasteiger partial charge in [0.2, 0.25) is 0 Å². The number of hydrogen-bond acceptors (Lipinski definition) is 3. The van der Waals surface area contributed by atoms with Crippen LogP contribution in [0, 0.1) is 12.7 Å². The van der Waals surface area contributed by atoms with E-state index in [9.17, 15) is 9.18 Å². The molecule has 2 heterocycles. The van der Waals surface area contributed by atoms with Crippen LogP contribution in [0.2, 0.25) is 10.2 Å². The molecule has 0 saturated carbocycles. The van der Waals surface area contributed by atoms with Gasteiger partial charge in [0.15, 0.2) is 0 Å². The number of amides is 1. The highest BCUT2D eigenvalue weighted by Gasteiger charge is 2.12. The summed E-state index contributed by atoms with van der Waals surface area (Å²) in [6, 6.07) is 7.52. The maximum absolute atomic E-state index is 13.0. The van der Waals surface area contributed by atoms with Crippen LogP contribution < -0.4 is 5.32 Å². The highest BCUT2D eigenvalue weighted by molar-refractivity contribution is 6.41. The highest BCUT2D eigenvalue weighted by Crippen LogP contribution is 2.24. The molecule has 3 rings (SSSR count). The Morgan fingerprint density at radius 2 is 2.04 bits per heavy atom. The van der Waals surface area contributed by atoms with E-state index in [0.29, 0.717) is 46.8 Å². The van der Waals surface area contributed by atoms with Crippen molar-refractivity contribution >= 4 is 29.1 Å². The van der Waals surface area contributed by atoms with Gasteiger partial charge in [0.1, 0.15) is 21.7 Å². The molecule has 2 N–H and O–H groups in total. The summed E-state index contributed by atoms with van der Waals surface area (Å²) in [4.78, 5) is 12.2. The largest absolute Gasteiger partial charge is 0.351 e. The van der Waals surface area contributed by atoms with Crippen LogP contribution in [0.5, 0.6) is 0 Å². The second-order valence-corrected chi connectivity index (χ2v) is 6.43. The van der Waals surface area contributed by atoms with Gasteiger partial charge in [-0.1, -0.05) is 23.2 Å². The number of benzene rings is 1. The van der Waals surface area contributed by atoms with Crippen LogP contribution in [-0.2, 0) is 6.54 Å². The summed E-state index contributed by atoms with van der Waals surface area (Å²) < 4.78 is 14.6. The molecule has 2 aromatic heterocycles. The number of nitrogens with zero attached hydrogens (tertiary/aromatic N) is 3. The number of nitrogens with one attached hydrogen (secondary N) is 2. The lowest BCUT2D eigenvalue weighted by Crippen LogP contribution is -2.25. The number of H-pyrrole nitrogens is 1. The lowest BCUT2D eigenvalue weighted by molar-refractivity contribution is 0.0947. The first kappa shape index (κ1) is 18.4. The van der Waals surface area contributed by atoms with Crippen molar-refractivity contribution in [1.82, 2.24) is 25.3 Å². The van der Waals surface area contributed by atoms with Gasteiger partial charge in [0.25, 0.3) is 5.91 Å². The molecule has 0 radical (unpaired) electrons. The van der Waals surface area contributed by atoms with Gasteiger partial charge in [-0.2, -0.15) is 10.2 Å². The molecule has 1 amide bonds. The summed E-state index contributed by atoms with van der Waals surface area (Å²) >= 11 is 12.1. The second kappa shape index (κ2) is 7.88. The number of aryl methyl sites for hydroxylation is 2. The Balaban J connectivity index is 1.52. The fourth-order valence-electron chi connectivity index (χ4n) is 2.41. The maximum Gasteiger partial charge on any atom is 0.269 e. The Morgan fingerprint density at radius 3 is 2.69 bits per heavy atom. The fourth-order valence-corrected chi connectivity index (χ4v) is 2.81. The third kappa shape index (κ3) is 4.05. The number of carbonyl (C=O) groups is 1. The third-order valence-corrected chi connectivity index (χ3v) is 4.72. The summed E-state index contributed by atoms with van der Waals surface area (Å²) in [7, 11) is 0. The van der Waals surface area contributed by atoms with Gasteiger partial charge in [-0.05, 0) is 43.7 Å².